The van der Waals surface area contributed by atoms with Crippen molar-refractivity contribution in [3.63, 3.8) is 0 Å². The van der Waals surface area contributed by atoms with E-state index in [1.165, 1.54) is 0 Å². The number of urea groups is 1. The molecule has 210 valence electrons. The number of hydrogen-bond donors (Lipinski definition) is 3. The summed E-state index contributed by atoms with van der Waals surface area (Å²) in [6.45, 7) is 1.57. The van der Waals surface area contributed by atoms with Crippen LogP contribution in [0.5, 0.6) is 0 Å². The van der Waals surface area contributed by atoms with Crippen molar-refractivity contribution in [3.05, 3.63) is 18.2 Å². The van der Waals surface area contributed by atoms with Crippen LogP contribution in [0.25, 0.3) is 0 Å². The maximum Gasteiger partial charge on any atom is 1.00 e. The average Bonchev–Trinajstić information content (AvgIpc) is 2.80. The zero-order valence-corrected chi connectivity index (χ0v) is 24.7. The summed E-state index contributed by atoms with van der Waals surface area (Å²) in [6.07, 6.45) is 0.819. The molecule has 1 aliphatic heterocycles. The third kappa shape index (κ3) is 11.3. The monoisotopic (exact) mass is 625 g/mol. The Kier molecular flexibility index (Phi) is 13.7. The summed E-state index contributed by atoms with van der Waals surface area (Å²) in [5.41, 5.74) is -0.536. The molecule has 40 heavy (non-hydrogen) atoms. The number of nitrogens with zero attached hydrogens (tertiary/aromatic N) is 4. The van der Waals surface area contributed by atoms with Crippen molar-refractivity contribution < 1.29 is 81.6 Å². The van der Waals surface area contributed by atoms with Gasteiger partial charge in [0.15, 0.2) is 5.16 Å². The first-order valence-electron chi connectivity index (χ1n) is 10.4. The normalized spacial score (nSPS) is 13.9. The minimum Gasteiger partial charge on any atom is -0.744 e. The number of carbonyl (C=O) groups is 1. The first kappa shape index (κ1) is 36.4. The number of ether oxygens (including phenoxy) is 1. The quantitative estimate of drug-likeness (QED) is 0.0959. The summed E-state index contributed by atoms with van der Waals surface area (Å²) >= 11 is 1.02. The zero-order chi connectivity index (χ0) is 28.1. The number of thioether (sulfide) groups is 1. The molecule has 0 atom stereocenters. The fourth-order valence-corrected chi connectivity index (χ4v) is 5.19. The second-order valence-corrected chi connectivity index (χ2v) is 13.0. The Morgan fingerprint density at radius 2 is 1.68 bits per heavy atom. The van der Waals surface area contributed by atoms with Crippen LogP contribution < -0.4 is 58.0 Å². The van der Waals surface area contributed by atoms with E-state index in [0.29, 0.717) is 44.5 Å². The van der Waals surface area contributed by atoms with Gasteiger partial charge in [-0.15, -0.1) is 0 Å². The van der Waals surface area contributed by atoms with Gasteiger partial charge in [-0.1, -0.05) is 11.8 Å². The minimum atomic E-state index is -5.10. The molecule has 0 spiro atoms. The van der Waals surface area contributed by atoms with Crippen LogP contribution in [0.1, 0.15) is 0 Å². The molecule has 23 heteroatoms. The fraction of sp³-hybridized carbons (Fsp3) is 0.412. The topological polar surface area (TPSA) is 253 Å². The number of carbonyl (C=O) groups excluding carboxylic acids is 1. The summed E-state index contributed by atoms with van der Waals surface area (Å²) in [6, 6.07) is 1.13. The SMILES string of the molecule is CS(=O)(=O)NC(=O)NCCSc1nc(Nc2cc(S(=O)(=O)[O-])ccc2S(=O)(=O)[O-])nc(N2CCOCC2)n1.[Li+].[Li+]. The summed E-state index contributed by atoms with van der Waals surface area (Å²) in [4.78, 5) is 24.4. The van der Waals surface area contributed by atoms with E-state index in [1.807, 2.05) is 0 Å². The van der Waals surface area contributed by atoms with Crippen LogP contribution in [0.2, 0.25) is 0 Å². The van der Waals surface area contributed by atoms with Crippen molar-refractivity contribution in [2.24, 2.45) is 0 Å². The molecule has 17 nitrogen and oxygen atoms in total. The molecule has 0 radical (unpaired) electrons. The number of nitrogens with one attached hydrogen (secondary N) is 3. The number of morpholine rings is 1. The molecule has 0 saturated carbocycles. The largest absolute Gasteiger partial charge is 1.00 e. The Labute approximate surface area is 258 Å². The maximum atomic E-state index is 11.7. The van der Waals surface area contributed by atoms with Gasteiger partial charge in [0.1, 0.15) is 20.2 Å². The summed E-state index contributed by atoms with van der Waals surface area (Å²) < 4.78 is 98.7. The number of rotatable bonds is 10. The van der Waals surface area contributed by atoms with Crippen molar-refractivity contribution in [1.82, 2.24) is 25.0 Å². The van der Waals surface area contributed by atoms with Crippen LogP contribution in [-0.4, -0.2) is 100 Å². The fourth-order valence-electron chi connectivity index (χ4n) is 2.98. The van der Waals surface area contributed by atoms with Crippen molar-refractivity contribution in [2.75, 3.05) is 55.1 Å². The molecule has 1 aliphatic rings. The van der Waals surface area contributed by atoms with Gasteiger partial charge in [0.25, 0.3) is 0 Å². The van der Waals surface area contributed by atoms with Crippen LogP contribution in [0.3, 0.4) is 0 Å². The molecule has 0 bridgehead atoms. The van der Waals surface area contributed by atoms with Gasteiger partial charge in [-0.2, -0.15) is 15.0 Å². The Morgan fingerprint density at radius 1 is 1.02 bits per heavy atom. The average molecular weight is 626 g/mol. The molecule has 3 N–H and O–H groups in total. The standard InChI is InChI=1S/C17H23N7O10S4.2Li/c1-36(26,27)23-16(25)18-4-9-35-17-21-14(20-15(22-17)24-5-7-34-8-6-24)19-12-10-11(37(28,29)30)2-3-13(12)38(31,32)33;;/h2-3,10H,4-9H2,1H3,(H2,18,23,25)(H,28,29,30)(H,31,32,33)(H,19,20,21,22);;/q;2*+1/p-2. The molecule has 1 aromatic carbocycles. The second-order valence-electron chi connectivity index (χ2n) is 7.51. The number of hydrogen-bond acceptors (Lipinski definition) is 16. The van der Waals surface area contributed by atoms with Gasteiger partial charge >= 0.3 is 43.8 Å². The molecule has 0 unspecified atom stereocenters. The van der Waals surface area contributed by atoms with Gasteiger partial charge < -0.3 is 29.4 Å². The van der Waals surface area contributed by atoms with E-state index in [2.05, 4.69) is 25.6 Å². The molecule has 0 aliphatic carbocycles. The number of anilines is 3. The van der Waals surface area contributed by atoms with Crippen molar-refractivity contribution in [2.45, 2.75) is 14.9 Å². The van der Waals surface area contributed by atoms with E-state index in [9.17, 15) is 39.2 Å². The predicted molar refractivity (Wildman–Crippen MR) is 131 cm³/mol. The molecular formula is C17H21Li2N7O10S4. The molecule has 2 aromatic rings. The van der Waals surface area contributed by atoms with Crippen LogP contribution in [0.15, 0.2) is 33.1 Å². The van der Waals surface area contributed by atoms with Crippen molar-refractivity contribution >= 4 is 65.6 Å². The molecular weight excluding hydrogens is 604 g/mol. The second kappa shape index (κ2) is 15.0. The number of benzene rings is 1. The molecule has 1 fully saturated rings. The van der Waals surface area contributed by atoms with Crippen molar-refractivity contribution in [3.8, 4) is 0 Å². The number of sulfonamides is 1. The number of amides is 2. The van der Waals surface area contributed by atoms with Gasteiger partial charge in [-0.3, -0.25) is 0 Å². The molecule has 1 saturated heterocycles. The van der Waals surface area contributed by atoms with Gasteiger partial charge in [0.2, 0.25) is 21.9 Å². The Hall–Kier alpha value is -1.63. The Morgan fingerprint density at radius 3 is 2.25 bits per heavy atom. The van der Waals surface area contributed by atoms with E-state index in [1.54, 1.807) is 9.62 Å². The first-order valence-corrected chi connectivity index (χ1v) is 16.1. The Balaban J connectivity index is 0.00000400. The van der Waals surface area contributed by atoms with E-state index < -0.39 is 51.8 Å². The summed E-state index contributed by atoms with van der Waals surface area (Å²) in [5.74, 6) is 0.0557. The van der Waals surface area contributed by atoms with Crippen LogP contribution in [-0.2, 0) is 35.0 Å². The van der Waals surface area contributed by atoms with E-state index in [0.717, 1.165) is 18.0 Å². The minimum absolute atomic E-state index is 0. The summed E-state index contributed by atoms with van der Waals surface area (Å²) in [5, 5.41) is 4.91. The van der Waals surface area contributed by atoms with Gasteiger partial charge in [-0.25, -0.2) is 34.8 Å². The predicted octanol–water partition coefficient (Wildman–Crippen LogP) is -7.38. The Bertz CT molecular complexity index is 1520. The first-order chi connectivity index (χ1) is 17.6. The van der Waals surface area contributed by atoms with E-state index in [4.69, 9.17) is 4.74 Å². The van der Waals surface area contributed by atoms with Gasteiger partial charge in [0.05, 0.1) is 34.9 Å². The van der Waals surface area contributed by atoms with Gasteiger partial charge in [0, 0.05) is 25.4 Å². The maximum absolute atomic E-state index is 11.7. The zero-order valence-electron chi connectivity index (χ0n) is 21.5. The van der Waals surface area contributed by atoms with Gasteiger partial charge in [-0.05, 0) is 18.2 Å². The van der Waals surface area contributed by atoms with E-state index >= 15 is 0 Å². The van der Waals surface area contributed by atoms with Crippen molar-refractivity contribution in [1.29, 1.82) is 0 Å². The molecule has 2 amide bonds. The van der Waals surface area contributed by atoms with Crippen LogP contribution in [0.4, 0.5) is 22.4 Å². The van der Waals surface area contributed by atoms with Crippen LogP contribution >= 0.6 is 11.8 Å². The van der Waals surface area contributed by atoms with E-state index in [-0.39, 0.29) is 67.1 Å². The smallest absolute Gasteiger partial charge is 0.744 e. The third-order valence-electron chi connectivity index (χ3n) is 4.55. The number of aromatic nitrogens is 3. The summed E-state index contributed by atoms with van der Waals surface area (Å²) in [7, 11) is -13.8. The third-order valence-corrected chi connectivity index (χ3v) is 7.68. The van der Waals surface area contributed by atoms with Crippen LogP contribution in [0, 0.1) is 0 Å². The molecule has 3 rings (SSSR count). The molecule has 2 heterocycles. The molecule has 1 aromatic heterocycles.